The third kappa shape index (κ3) is 23.6. The molecule has 0 rings (SSSR count). The lowest BCUT2D eigenvalue weighted by molar-refractivity contribution is -0.137. The fourth-order valence-corrected chi connectivity index (χ4v) is 1.67. The largest absolute Gasteiger partial charge is 0.481 e. The molecule has 2 atom stereocenters. The van der Waals surface area contributed by atoms with E-state index in [-0.39, 0.29) is 37.6 Å². The summed E-state index contributed by atoms with van der Waals surface area (Å²) >= 11 is 3.83. The van der Waals surface area contributed by atoms with Gasteiger partial charge in [0, 0.05) is 44.8 Å². The van der Waals surface area contributed by atoms with Crippen molar-refractivity contribution in [2.45, 2.75) is 52.1 Å². The maximum Gasteiger partial charge on any atom is 0.305 e. The molecule has 0 fully saturated rings. The molecule has 0 aliphatic heterocycles. The van der Waals surface area contributed by atoms with Gasteiger partial charge in [-0.05, 0) is 6.92 Å². The van der Waals surface area contributed by atoms with E-state index in [4.69, 9.17) is 10.8 Å². The Morgan fingerprint density at radius 1 is 1.14 bits per heavy atom. The summed E-state index contributed by atoms with van der Waals surface area (Å²) in [5.41, 5.74) is 5.57. The van der Waals surface area contributed by atoms with Gasteiger partial charge in [0.25, 0.3) is 0 Å². The Bertz CT molecular complexity index is 493. The van der Waals surface area contributed by atoms with E-state index in [1.54, 1.807) is 6.92 Å². The highest BCUT2D eigenvalue weighted by Crippen LogP contribution is 1.92. The first kappa shape index (κ1) is 31.4. The van der Waals surface area contributed by atoms with E-state index in [9.17, 15) is 24.0 Å². The smallest absolute Gasteiger partial charge is 0.305 e. The van der Waals surface area contributed by atoms with Crippen LogP contribution < -0.4 is 27.0 Å². The normalized spacial score (nSPS) is 11.1. The van der Waals surface area contributed by atoms with E-state index < -0.39 is 24.0 Å². The molecule has 0 saturated carbocycles. The number of aliphatic carboxylic acids is 1. The molecule has 11 nitrogen and oxygen atoms in total. The third-order valence-electron chi connectivity index (χ3n) is 2.92. The second-order valence-electron chi connectivity index (χ2n) is 5.39. The lowest BCUT2D eigenvalue weighted by Crippen LogP contribution is -2.50. The molecule has 0 bridgehead atoms. The summed E-state index contributed by atoms with van der Waals surface area (Å²) in [5.74, 6) is -1.51. The predicted octanol–water partition coefficient (Wildman–Crippen LogP) is -1.38. The molecular weight excluding hydrogens is 402 g/mol. The predicted molar refractivity (Wildman–Crippen MR) is 113 cm³/mol. The molecule has 0 aliphatic carbocycles. The van der Waals surface area contributed by atoms with Gasteiger partial charge in [0.2, 0.25) is 24.1 Å². The monoisotopic (exact) mass is 437 g/mol. The number of hydrogen-bond donors (Lipinski definition) is 7. The maximum absolute atomic E-state index is 11.6. The number of carbonyl (C=O) groups excluding carboxylic acids is 4. The lowest BCUT2D eigenvalue weighted by atomic mass is 10.2. The number of hydrogen-bond acceptors (Lipinski definition) is 7. The first-order valence-electron chi connectivity index (χ1n) is 9.20. The van der Waals surface area contributed by atoms with E-state index in [0.29, 0.717) is 18.7 Å². The van der Waals surface area contributed by atoms with Crippen LogP contribution in [-0.4, -0.2) is 73.2 Å². The van der Waals surface area contributed by atoms with Crippen molar-refractivity contribution in [2.24, 2.45) is 5.73 Å². The lowest BCUT2D eigenvalue weighted by Gasteiger charge is -2.16. The summed E-state index contributed by atoms with van der Waals surface area (Å²) in [6.45, 7) is 6.12. The Morgan fingerprint density at radius 2 is 1.69 bits per heavy atom. The molecular formula is C17H35N5O6S. The number of nitrogens with one attached hydrogen (secondary N) is 4. The van der Waals surface area contributed by atoms with Crippen molar-refractivity contribution in [3.05, 3.63) is 0 Å². The van der Waals surface area contributed by atoms with Gasteiger partial charge in [0.1, 0.15) is 6.04 Å². The highest BCUT2D eigenvalue weighted by molar-refractivity contribution is 7.80. The number of thiol groups is 1. The summed E-state index contributed by atoms with van der Waals surface area (Å²) < 4.78 is 0. The number of carboxylic acid groups (broad SMARTS) is 1. The summed E-state index contributed by atoms with van der Waals surface area (Å²) in [6, 6.07) is -1.53. The molecule has 0 spiro atoms. The number of carbonyl (C=O) groups is 5. The van der Waals surface area contributed by atoms with Crippen molar-refractivity contribution < 1.29 is 29.1 Å². The number of nitrogens with two attached hydrogens (primary N) is 1. The Hall–Kier alpha value is -2.34. The van der Waals surface area contributed by atoms with E-state index in [1.165, 1.54) is 7.05 Å². The zero-order valence-electron chi connectivity index (χ0n) is 17.5. The van der Waals surface area contributed by atoms with Crippen LogP contribution in [0.2, 0.25) is 0 Å². The van der Waals surface area contributed by atoms with Crippen LogP contribution in [0.15, 0.2) is 0 Å². The Morgan fingerprint density at radius 3 is 2.10 bits per heavy atom. The molecule has 0 heterocycles. The highest BCUT2D eigenvalue weighted by Gasteiger charge is 2.18. The fraction of sp³-hybridized carbons (Fsp3) is 0.706. The van der Waals surface area contributed by atoms with Crippen molar-refractivity contribution in [3.8, 4) is 0 Å². The topological polar surface area (TPSA) is 180 Å². The van der Waals surface area contributed by atoms with Gasteiger partial charge in [0.05, 0.1) is 6.42 Å². The SMILES string of the molecule is CC.CNC(=O)CCC(=O)NCC(N)C(=O)NC(C)CC(=O)O.O=CNCCS. The molecule has 0 aromatic heterocycles. The summed E-state index contributed by atoms with van der Waals surface area (Å²) in [4.78, 5) is 53.8. The molecule has 4 amide bonds. The summed E-state index contributed by atoms with van der Waals surface area (Å²) in [7, 11) is 1.47. The van der Waals surface area contributed by atoms with Gasteiger partial charge in [-0.1, -0.05) is 13.8 Å². The Labute approximate surface area is 177 Å². The standard InChI is InChI=1S/C12H22N4O5.C3H7NOS.C2H6/c1-7(5-11(19)20)16-12(21)8(13)6-15-10(18)4-3-9(17)14-2;5-3-4-1-2-6;1-2/h7-8H,3-6,13H2,1-2H3,(H,14,17)(H,15,18)(H,16,21)(H,19,20);3,6H,1-2H2,(H,4,5);1-2H3. The number of rotatable bonds is 12. The Kier molecular flexibility index (Phi) is 23.7. The van der Waals surface area contributed by atoms with Crippen molar-refractivity contribution >= 4 is 42.7 Å². The minimum atomic E-state index is -1.03. The van der Waals surface area contributed by atoms with Crippen LogP contribution in [0.4, 0.5) is 0 Å². The zero-order chi connectivity index (χ0) is 23.2. The van der Waals surface area contributed by atoms with Crippen molar-refractivity contribution in [1.82, 2.24) is 21.3 Å². The van der Waals surface area contributed by atoms with Crippen molar-refractivity contribution in [1.29, 1.82) is 0 Å². The quantitative estimate of drug-likeness (QED) is 0.112. The number of amides is 4. The average molecular weight is 438 g/mol. The van der Waals surface area contributed by atoms with Crippen LogP contribution in [0.3, 0.4) is 0 Å². The summed E-state index contributed by atoms with van der Waals surface area (Å²) in [6.07, 6.45) is 0.510. The molecule has 29 heavy (non-hydrogen) atoms. The van der Waals surface area contributed by atoms with Gasteiger partial charge in [0.15, 0.2) is 0 Å². The second-order valence-corrected chi connectivity index (χ2v) is 5.83. The van der Waals surface area contributed by atoms with Gasteiger partial charge >= 0.3 is 5.97 Å². The van der Waals surface area contributed by atoms with Crippen LogP contribution in [0.25, 0.3) is 0 Å². The third-order valence-corrected chi connectivity index (χ3v) is 3.15. The summed E-state index contributed by atoms with van der Waals surface area (Å²) in [5, 5.41) is 18.3. The minimum absolute atomic E-state index is 0.00340. The molecule has 2 unspecified atom stereocenters. The van der Waals surface area contributed by atoms with Crippen LogP contribution in [0, 0.1) is 0 Å². The molecule has 7 N–H and O–H groups in total. The second kappa shape index (κ2) is 22.0. The number of carboxylic acids is 1. The van der Waals surface area contributed by atoms with E-state index >= 15 is 0 Å². The van der Waals surface area contributed by atoms with Crippen LogP contribution >= 0.6 is 12.6 Å². The maximum atomic E-state index is 11.6. The molecule has 0 aromatic rings. The molecule has 0 aliphatic rings. The van der Waals surface area contributed by atoms with E-state index in [1.807, 2.05) is 13.8 Å². The first-order chi connectivity index (χ1) is 13.7. The molecule has 0 radical (unpaired) electrons. The molecule has 0 aromatic carbocycles. The Balaban J connectivity index is -0.000000716. The fourth-order valence-electron chi connectivity index (χ4n) is 1.54. The van der Waals surface area contributed by atoms with Crippen molar-refractivity contribution in [3.63, 3.8) is 0 Å². The van der Waals surface area contributed by atoms with E-state index in [2.05, 4.69) is 33.9 Å². The first-order valence-corrected chi connectivity index (χ1v) is 9.84. The van der Waals surface area contributed by atoms with Gasteiger partial charge in [-0.2, -0.15) is 12.6 Å². The van der Waals surface area contributed by atoms with Gasteiger partial charge < -0.3 is 32.1 Å². The van der Waals surface area contributed by atoms with Crippen LogP contribution in [0.1, 0.15) is 40.0 Å². The minimum Gasteiger partial charge on any atom is -0.481 e. The molecule has 0 saturated heterocycles. The van der Waals surface area contributed by atoms with Gasteiger partial charge in [-0.15, -0.1) is 0 Å². The van der Waals surface area contributed by atoms with Gasteiger partial charge in [-0.3, -0.25) is 24.0 Å². The molecule has 12 heteroatoms. The van der Waals surface area contributed by atoms with Crippen LogP contribution in [-0.2, 0) is 24.0 Å². The molecule has 170 valence electrons. The highest BCUT2D eigenvalue weighted by atomic mass is 32.1. The average Bonchev–Trinajstić information content (AvgIpc) is 2.69. The van der Waals surface area contributed by atoms with Crippen LogP contribution in [0.5, 0.6) is 0 Å². The van der Waals surface area contributed by atoms with Gasteiger partial charge in [-0.25, -0.2) is 0 Å². The van der Waals surface area contributed by atoms with E-state index in [0.717, 1.165) is 0 Å². The zero-order valence-corrected chi connectivity index (χ0v) is 18.4. The van der Waals surface area contributed by atoms with Crippen molar-refractivity contribution in [2.75, 3.05) is 25.9 Å².